The van der Waals surface area contributed by atoms with Crippen LogP contribution in [0.1, 0.15) is 0 Å². The van der Waals surface area contributed by atoms with Gasteiger partial charge in [-0.25, -0.2) is 22.3 Å². The van der Waals surface area contributed by atoms with Crippen LogP contribution < -0.4 is 14.8 Å². The molecule has 0 atom stereocenters. The molecule has 8 heteroatoms. The van der Waals surface area contributed by atoms with Gasteiger partial charge in [-0.15, -0.1) is 0 Å². The van der Waals surface area contributed by atoms with E-state index in [4.69, 9.17) is 9.88 Å². The molecule has 0 aromatic heterocycles. The van der Waals surface area contributed by atoms with Gasteiger partial charge in [0, 0.05) is 14.1 Å². The lowest BCUT2D eigenvalue weighted by atomic mass is 9.93. The van der Waals surface area contributed by atoms with Crippen molar-refractivity contribution in [1.29, 1.82) is 0 Å². The molecular weight excluding hydrogens is 398 g/mol. The van der Waals surface area contributed by atoms with Crippen LogP contribution >= 0.6 is 0 Å². The molecule has 0 fully saturated rings. The first-order valence-electron chi connectivity index (χ1n) is 8.60. The van der Waals surface area contributed by atoms with Crippen molar-refractivity contribution in [1.82, 2.24) is 0 Å². The van der Waals surface area contributed by atoms with Crippen LogP contribution in [0.3, 0.4) is 0 Å². The minimum Gasteiger partial charge on any atom is -0.495 e. The molecule has 3 aromatic carbocycles. The molecule has 0 aliphatic carbocycles. The summed E-state index contributed by atoms with van der Waals surface area (Å²) in [6, 6.07) is 13.2. The third kappa shape index (κ3) is 4.23. The van der Waals surface area contributed by atoms with Gasteiger partial charge < -0.3 is 9.64 Å². The maximum Gasteiger partial charge on any atom is 0.238 e. The molecule has 2 N–H and O–H groups in total. The fourth-order valence-corrected chi connectivity index (χ4v) is 3.57. The van der Waals surface area contributed by atoms with E-state index in [-0.39, 0.29) is 4.90 Å². The van der Waals surface area contributed by atoms with Gasteiger partial charge in [-0.1, -0.05) is 18.2 Å². The van der Waals surface area contributed by atoms with E-state index in [2.05, 4.69) is 0 Å². The molecule has 0 aliphatic rings. The van der Waals surface area contributed by atoms with Gasteiger partial charge in [0.05, 0.1) is 17.7 Å². The molecule has 0 unspecified atom stereocenters. The molecule has 0 saturated heterocycles. The van der Waals surface area contributed by atoms with E-state index in [0.29, 0.717) is 28.0 Å². The first kappa shape index (κ1) is 20.8. The van der Waals surface area contributed by atoms with E-state index >= 15 is 0 Å². The molecule has 0 bridgehead atoms. The van der Waals surface area contributed by atoms with Crippen LogP contribution in [0.2, 0.25) is 0 Å². The largest absolute Gasteiger partial charge is 0.495 e. The van der Waals surface area contributed by atoms with E-state index in [9.17, 15) is 17.2 Å². The van der Waals surface area contributed by atoms with Crippen LogP contribution in [0, 0.1) is 11.6 Å². The number of rotatable bonds is 5. The van der Waals surface area contributed by atoms with Gasteiger partial charge in [0.1, 0.15) is 5.75 Å². The van der Waals surface area contributed by atoms with Crippen molar-refractivity contribution in [3.63, 3.8) is 0 Å². The van der Waals surface area contributed by atoms with Crippen LogP contribution in [-0.4, -0.2) is 29.6 Å². The van der Waals surface area contributed by atoms with Crippen molar-refractivity contribution >= 4 is 15.7 Å². The van der Waals surface area contributed by atoms with Crippen molar-refractivity contribution in [3.8, 4) is 28.0 Å². The van der Waals surface area contributed by atoms with Gasteiger partial charge in [0.2, 0.25) is 10.0 Å². The van der Waals surface area contributed by atoms with Crippen molar-refractivity contribution < 1.29 is 21.9 Å². The molecule has 0 saturated carbocycles. The Morgan fingerprint density at radius 2 is 1.38 bits per heavy atom. The number of methoxy groups -OCH3 is 1. The normalized spacial score (nSPS) is 11.4. The van der Waals surface area contributed by atoms with Gasteiger partial charge in [0.15, 0.2) is 11.6 Å². The first-order valence-corrected chi connectivity index (χ1v) is 10.1. The molecule has 0 amide bonds. The highest BCUT2D eigenvalue weighted by Gasteiger charge is 2.16. The topological polar surface area (TPSA) is 72.6 Å². The zero-order valence-electron chi connectivity index (χ0n) is 16.1. The molecule has 152 valence electrons. The third-order valence-corrected chi connectivity index (χ3v) is 5.46. The van der Waals surface area contributed by atoms with Crippen LogP contribution in [-0.2, 0) is 10.0 Å². The summed E-state index contributed by atoms with van der Waals surface area (Å²) < 4.78 is 56.4. The lowest BCUT2D eigenvalue weighted by molar-refractivity contribution is 0.415. The van der Waals surface area contributed by atoms with Gasteiger partial charge in [0.25, 0.3) is 0 Å². The Morgan fingerprint density at radius 3 is 1.86 bits per heavy atom. The number of halogens is 2. The second-order valence-corrected chi connectivity index (χ2v) is 8.22. The van der Waals surface area contributed by atoms with Gasteiger partial charge in [-0.05, 0) is 58.7 Å². The maximum atomic E-state index is 14.1. The van der Waals surface area contributed by atoms with Crippen molar-refractivity contribution in [2.75, 3.05) is 26.1 Å². The fraction of sp³-hybridized carbons (Fsp3) is 0.143. The zero-order chi connectivity index (χ0) is 21.3. The molecule has 3 rings (SSSR count). The minimum absolute atomic E-state index is 0.0651. The summed E-state index contributed by atoms with van der Waals surface area (Å²) in [6.07, 6.45) is 0. The smallest absolute Gasteiger partial charge is 0.238 e. The Kier molecular flexibility index (Phi) is 5.59. The predicted octanol–water partition coefficient (Wildman–Crippen LogP) is 4.02. The monoisotopic (exact) mass is 418 g/mol. The Hall–Kier alpha value is -2.97. The first-order chi connectivity index (χ1) is 13.6. The average Bonchev–Trinajstić information content (AvgIpc) is 2.68. The number of sulfonamides is 1. The number of hydrogen-bond donors (Lipinski definition) is 1. The van der Waals surface area contributed by atoms with Crippen LogP contribution in [0.25, 0.3) is 22.3 Å². The average molecular weight is 418 g/mol. The molecule has 0 radical (unpaired) electrons. The quantitative estimate of drug-likeness (QED) is 0.679. The fourth-order valence-electron chi connectivity index (χ4n) is 3.06. The summed E-state index contributed by atoms with van der Waals surface area (Å²) in [5, 5.41) is 5.13. The molecular formula is C21H20F2N2O3S. The minimum atomic E-state index is -3.86. The number of nitrogens with zero attached hydrogens (tertiary/aromatic N) is 1. The number of benzene rings is 3. The van der Waals surface area contributed by atoms with E-state index in [1.807, 2.05) is 25.1 Å². The summed E-state index contributed by atoms with van der Waals surface area (Å²) in [4.78, 5) is 1.78. The number of nitrogens with two attached hydrogens (primary N) is 1. The second kappa shape index (κ2) is 7.81. The van der Waals surface area contributed by atoms with Crippen molar-refractivity contribution in [2.45, 2.75) is 4.90 Å². The van der Waals surface area contributed by atoms with Crippen molar-refractivity contribution in [3.05, 3.63) is 66.2 Å². The highest BCUT2D eigenvalue weighted by Crippen LogP contribution is 2.38. The van der Waals surface area contributed by atoms with Crippen LogP contribution in [0.15, 0.2) is 59.5 Å². The number of anilines is 1. The summed E-state index contributed by atoms with van der Waals surface area (Å²) >= 11 is 0. The lowest BCUT2D eigenvalue weighted by Gasteiger charge is -2.19. The van der Waals surface area contributed by atoms with Gasteiger partial charge in [-0.3, -0.25) is 0 Å². The molecule has 29 heavy (non-hydrogen) atoms. The molecule has 0 aliphatic heterocycles. The Labute approximate surface area is 168 Å². The molecule has 3 aromatic rings. The zero-order valence-corrected chi connectivity index (χ0v) is 16.9. The summed E-state index contributed by atoms with van der Waals surface area (Å²) in [5.41, 5.74) is 2.82. The number of primary sulfonamides is 1. The Bertz CT molecular complexity index is 1160. The van der Waals surface area contributed by atoms with Gasteiger partial charge in [-0.2, -0.15) is 0 Å². The van der Waals surface area contributed by atoms with Crippen molar-refractivity contribution in [2.24, 2.45) is 5.14 Å². The molecule has 0 heterocycles. The third-order valence-electron chi connectivity index (χ3n) is 4.53. The summed E-state index contributed by atoms with van der Waals surface area (Å²) in [6.45, 7) is 0. The highest BCUT2D eigenvalue weighted by atomic mass is 32.2. The van der Waals surface area contributed by atoms with E-state index in [1.165, 1.54) is 24.3 Å². The SMILES string of the molecule is COc1ccc(-c2cc(F)c(F)cc2-c2ccc(S(N)(=O)=O)cc2)cc1N(C)C. The number of ether oxygens (including phenoxy) is 1. The van der Waals surface area contributed by atoms with E-state index < -0.39 is 21.7 Å². The number of hydrogen-bond acceptors (Lipinski definition) is 4. The predicted molar refractivity (Wildman–Crippen MR) is 109 cm³/mol. The summed E-state index contributed by atoms with van der Waals surface area (Å²) in [7, 11) is 1.39. The Morgan fingerprint density at radius 1 is 0.862 bits per heavy atom. The molecule has 5 nitrogen and oxygen atoms in total. The maximum absolute atomic E-state index is 14.1. The van der Waals surface area contributed by atoms with E-state index in [0.717, 1.165) is 17.8 Å². The summed E-state index contributed by atoms with van der Waals surface area (Å²) in [5.74, 6) is -1.34. The standard InChI is InChI=1S/C21H20F2N2O3S/c1-25(2)20-10-14(6-9-21(20)28-3)17-12-19(23)18(22)11-16(17)13-4-7-15(8-5-13)29(24,26)27/h4-12H,1-3H3,(H2,24,26,27). The van der Waals surface area contributed by atoms with Gasteiger partial charge >= 0.3 is 0 Å². The van der Waals surface area contributed by atoms with Crippen LogP contribution in [0.5, 0.6) is 5.75 Å². The van der Waals surface area contributed by atoms with Crippen LogP contribution in [0.4, 0.5) is 14.5 Å². The van der Waals surface area contributed by atoms with E-state index in [1.54, 1.807) is 19.2 Å². The Balaban J connectivity index is 2.21. The molecule has 0 spiro atoms. The lowest BCUT2D eigenvalue weighted by Crippen LogP contribution is -2.11. The second-order valence-electron chi connectivity index (χ2n) is 6.66. The highest BCUT2D eigenvalue weighted by molar-refractivity contribution is 7.89.